The fraction of sp³-hybridized carbons (Fsp3) is 0.278. The Labute approximate surface area is 158 Å². The number of halogens is 1. The number of aromatic nitrogens is 5. The summed E-state index contributed by atoms with van der Waals surface area (Å²) < 4.78 is 20.9. The maximum absolute atomic E-state index is 13.8. The number of rotatable bonds is 3. The highest BCUT2D eigenvalue weighted by Crippen LogP contribution is 2.23. The van der Waals surface area contributed by atoms with Crippen LogP contribution in [-0.2, 0) is 0 Å². The van der Waals surface area contributed by atoms with Gasteiger partial charge in [-0.25, -0.2) is 13.9 Å². The van der Waals surface area contributed by atoms with Crippen molar-refractivity contribution >= 4 is 28.8 Å². The van der Waals surface area contributed by atoms with Crippen LogP contribution in [0.4, 0.5) is 10.4 Å². The monoisotopic (exact) mass is 381 g/mol. The number of oxazole rings is 1. The number of nitrogens with one attached hydrogen (secondary N) is 1. The van der Waals surface area contributed by atoms with Crippen molar-refractivity contribution in [3.05, 3.63) is 47.8 Å². The van der Waals surface area contributed by atoms with Gasteiger partial charge < -0.3 is 14.6 Å². The maximum Gasteiger partial charge on any atom is 0.296 e. The predicted octanol–water partition coefficient (Wildman–Crippen LogP) is 2.04. The van der Waals surface area contributed by atoms with E-state index in [9.17, 15) is 9.18 Å². The third-order valence-electron chi connectivity index (χ3n) is 4.79. The Morgan fingerprint density at radius 2 is 2.21 bits per heavy atom. The van der Waals surface area contributed by atoms with Crippen LogP contribution >= 0.6 is 0 Å². The number of likely N-dealkylation sites (tertiary alicyclic amines) is 1. The van der Waals surface area contributed by atoms with E-state index in [0.29, 0.717) is 30.9 Å². The van der Waals surface area contributed by atoms with Gasteiger partial charge in [-0.15, -0.1) is 5.10 Å². The normalized spacial score (nSPS) is 16.9. The lowest BCUT2D eigenvalue weighted by molar-refractivity contribution is 0.0779. The lowest BCUT2D eigenvalue weighted by Gasteiger charge is -2.14. The van der Waals surface area contributed by atoms with Crippen LogP contribution in [0.25, 0.3) is 16.9 Å². The molecule has 1 aliphatic rings. The molecule has 0 saturated carbocycles. The van der Waals surface area contributed by atoms with Crippen LogP contribution in [0.3, 0.4) is 0 Å². The summed E-state index contributed by atoms with van der Waals surface area (Å²) in [6.07, 6.45) is 2.34. The van der Waals surface area contributed by atoms with Crippen LogP contribution in [0.15, 0.2) is 34.9 Å². The van der Waals surface area contributed by atoms with Gasteiger partial charge >= 0.3 is 0 Å². The second-order valence-electron chi connectivity index (χ2n) is 6.72. The number of anilines is 1. The standard InChI is InChI=1S/C18H16FN7O2/c1-10-5-7-20-17-23-15(24-26(10)17)16(27)25-8-6-11(9-25)21-18-22-14-12(19)3-2-4-13(14)28-18/h2-5,7,11H,6,8-9H2,1H3,(H,21,22)/t11-/m0/s1. The molecule has 0 bridgehead atoms. The van der Waals surface area contributed by atoms with E-state index in [1.54, 1.807) is 33.8 Å². The fourth-order valence-electron chi connectivity index (χ4n) is 3.35. The van der Waals surface area contributed by atoms with Crippen molar-refractivity contribution in [2.45, 2.75) is 19.4 Å². The molecule has 0 unspecified atom stereocenters. The molecule has 0 aliphatic carbocycles. The number of carbonyl (C=O) groups excluding carboxylic acids is 1. The van der Waals surface area contributed by atoms with Gasteiger partial charge in [0.1, 0.15) is 5.52 Å². The first kappa shape index (κ1) is 16.6. The van der Waals surface area contributed by atoms with Crippen LogP contribution in [-0.4, -0.2) is 54.5 Å². The van der Waals surface area contributed by atoms with Crippen LogP contribution < -0.4 is 5.32 Å². The molecule has 3 aromatic heterocycles. The third-order valence-corrected chi connectivity index (χ3v) is 4.79. The van der Waals surface area contributed by atoms with Gasteiger partial charge in [0.05, 0.1) is 0 Å². The molecule has 1 atom stereocenters. The number of amides is 1. The minimum absolute atomic E-state index is 0.0584. The predicted molar refractivity (Wildman–Crippen MR) is 97.4 cm³/mol. The molecule has 0 radical (unpaired) electrons. The molecule has 142 valence electrons. The third kappa shape index (κ3) is 2.73. The number of hydrogen-bond donors (Lipinski definition) is 1. The number of nitrogens with zero attached hydrogens (tertiary/aromatic N) is 6. The SMILES string of the molecule is Cc1ccnc2nc(C(=O)N3CC[C@H](Nc4nc5c(F)cccc5o4)C3)nn12. The zero-order valence-electron chi connectivity index (χ0n) is 15.0. The first-order valence-corrected chi connectivity index (χ1v) is 8.88. The summed E-state index contributed by atoms with van der Waals surface area (Å²) in [5, 5.41) is 7.40. The topological polar surface area (TPSA) is 101 Å². The van der Waals surface area contributed by atoms with E-state index in [-0.39, 0.29) is 29.3 Å². The quantitative estimate of drug-likeness (QED) is 0.579. The Hall–Kier alpha value is -3.56. The highest BCUT2D eigenvalue weighted by atomic mass is 19.1. The summed E-state index contributed by atoms with van der Waals surface area (Å²) in [6.45, 7) is 2.87. The van der Waals surface area contributed by atoms with Crippen molar-refractivity contribution < 1.29 is 13.6 Å². The minimum atomic E-state index is -0.431. The van der Waals surface area contributed by atoms with E-state index >= 15 is 0 Å². The number of benzene rings is 1. The lowest BCUT2D eigenvalue weighted by atomic mass is 10.3. The van der Waals surface area contributed by atoms with Crippen molar-refractivity contribution in [3.8, 4) is 0 Å². The van der Waals surface area contributed by atoms with E-state index in [4.69, 9.17) is 4.42 Å². The molecule has 9 nitrogen and oxygen atoms in total. The zero-order valence-corrected chi connectivity index (χ0v) is 15.0. The minimum Gasteiger partial charge on any atom is -0.423 e. The van der Waals surface area contributed by atoms with E-state index in [2.05, 4.69) is 25.4 Å². The van der Waals surface area contributed by atoms with Crippen molar-refractivity contribution in [3.63, 3.8) is 0 Å². The highest BCUT2D eigenvalue weighted by molar-refractivity contribution is 5.91. The molecule has 1 aromatic carbocycles. The first-order chi connectivity index (χ1) is 13.6. The summed E-state index contributed by atoms with van der Waals surface area (Å²) in [4.78, 5) is 26.9. The highest BCUT2D eigenvalue weighted by Gasteiger charge is 2.30. The number of fused-ring (bicyclic) bond motifs is 2. The van der Waals surface area contributed by atoms with Crippen molar-refractivity contribution in [2.24, 2.45) is 0 Å². The maximum atomic E-state index is 13.8. The van der Waals surface area contributed by atoms with Gasteiger partial charge in [-0.05, 0) is 31.5 Å². The van der Waals surface area contributed by atoms with E-state index in [1.165, 1.54) is 6.07 Å². The summed E-state index contributed by atoms with van der Waals surface area (Å²) >= 11 is 0. The Morgan fingerprint density at radius 1 is 1.32 bits per heavy atom. The Morgan fingerprint density at radius 3 is 3.04 bits per heavy atom. The van der Waals surface area contributed by atoms with Gasteiger partial charge in [-0.3, -0.25) is 4.79 Å². The Bertz CT molecular complexity index is 1200. The van der Waals surface area contributed by atoms with Gasteiger partial charge in [0.25, 0.3) is 17.7 Å². The van der Waals surface area contributed by atoms with Crippen LogP contribution in [0, 0.1) is 12.7 Å². The van der Waals surface area contributed by atoms with Gasteiger partial charge in [0, 0.05) is 31.0 Å². The van der Waals surface area contributed by atoms with E-state index in [0.717, 1.165) is 5.69 Å². The Kier molecular flexibility index (Phi) is 3.71. The summed E-state index contributed by atoms with van der Waals surface area (Å²) in [7, 11) is 0. The van der Waals surface area contributed by atoms with Crippen molar-refractivity contribution in [1.82, 2.24) is 29.5 Å². The molecule has 10 heteroatoms. The average molecular weight is 381 g/mol. The Balaban J connectivity index is 1.31. The molecule has 0 spiro atoms. The van der Waals surface area contributed by atoms with E-state index in [1.807, 2.05) is 6.92 Å². The summed E-state index contributed by atoms with van der Waals surface area (Å²) in [5.41, 5.74) is 1.42. The van der Waals surface area contributed by atoms with Crippen molar-refractivity contribution in [1.29, 1.82) is 0 Å². The fourth-order valence-corrected chi connectivity index (χ4v) is 3.35. The number of carbonyl (C=O) groups is 1. The molecule has 1 fully saturated rings. The molecule has 1 amide bonds. The first-order valence-electron chi connectivity index (χ1n) is 8.88. The van der Waals surface area contributed by atoms with E-state index < -0.39 is 5.82 Å². The molecule has 4 aromatic rings. The molecular weight excluding hydrogens is 365 g/mol. The van der Waals surface area contributed by atoms with Gasteiger partial charge in [0.15, 0.2) is 11.4 Å². The lowest BCUT2D eigenvalue weighted by Crippen LogP contribution is -2.32. The van der Waals surface area contributed by atoms with Crippen LogP contribution in [0.2, 0.25) is 0 Å². The number of hydrogen-bond acceptors (Lipinski definition) is 7. The van der Waals surface area contributed by atoms with Gasteiger partial charge in [0.2, 0.25) is 5.82 Å². The summed E-state index contributed by atoms with van der Waals surface area (Å²) in [5.74, 6) is -0.172. The average Bonchev–Trinajstić information content (AvgIpc) is 3.40. The summed E-state index contributed by atoms with van der Waals surface area (Å²) in [6, 6.07) is 6.55. The van der Waals surface area contributed by atoms with Crippen molar-refractivity contribution in [2.75, 3.05) is 18.4 Å². The molecule has 1 saturated heterocycles. The molecule has 1 aliphatic heterocycles. The number of para-hydroxylation sites is 1. The molecule has 1 N–H and O–H groups in total. The van der Waals surface area contributed by atoms with Crippen LogP contribution in [0.1, 0.15) is 22.7 Å². The molecule has 4 heterocycles. The van der Waals surface area contributed by atoms with Crippen LogP contribution in [0.5, 0.6) is 0 Å². The smallest absolute Gasteiger partial charge is 0.296 e. The molecule has 5 rings (SSSR count). The second kappa shape index (κ2) is 6.25. The molecular formula is C18H16FN7O2. The second-order valence-corrected chi connectivity index (χ2v) is 6.72. The molecule has 28 heavy (non-hydrogen) atoms. The van der Waals surface area contributed by atoms with Gasteiger partial charge in [-0.2, -0.15) is 9.97 Å². The van der Waals surface area contributed by atoms with Gasteiger partial charge in [-0.1, -0.05) is 6.07 Å². The largest absolute Gasteiger partial charge is 0.423 e. The zero-order chi connectivity index (χ0) is 19.3. The number of aryl methyl sites for hydroxylation is 1.